The van der Waals surface area contributed by atoms with Gasteiger partial charge in [0.2, 0.25) is 11.8 Å². The monoisotopic (exact) mass is 340 g/mol. The quantitative estimate of drug-likeness (QED) is 0.778. The number of nitrogens with zero attached hydrogens (tertiary/aromatic N) is 2. The van der Waals surface area contributed by atoms with Crippen molar-refractivity contribution in [3.8, 4) is 5.75 Å². The molecule has 5 heteroatoms. The molecule has 5 nitrogen and oxygen atoms in total. The lowest BCUT2D eigenvalue weighted by Gasteiger charge is -2.23. The smallest absolute Gasteiger partial charge is 0.228 e. The van der Waals surface area contributed by atoms with Crippen molar-refractivity contribution in [3.05, 3.63) is 60.2 Å². The summed E-state index contributed by atoms with van der Waals surface area (Å²) in [5.41, 5.74) is 1.84. The molecule has 2 rings (SSSR count). The molecule has 2 aromatic carbocycles. The number of hydrogen-bond donors (Lipinski definition) is 0. The van der Waals surface area contributed by atoms with Crippen molar-refractivity contribution >= 4 is 17.5 Å². The zero-order valence-electron chi connectivity index (χ0n) is 14.9. The van der Waals surface area contributed by atoms with E-state index >= 15 is 0 Å². The van der Waals surface area contributed by atoms with Crippen molar-refractivity contribution in [1.82, 2.24) is 4.90 Å². The highest BCUT2D eigenvalue weighted by molar-refractivity contribution is 5.93. The van der Waals surface area contributed by atoms with Gasteiger partial charge < -0.3 is 14.5 Å². The van der Waals surface area contributed by atoms with Crippen LogP contribution in [0.2, 0.25) is 0 Å². The molecule has 0 saturated heterocycles. The predicted molar refractivity (Wildman–Crippen MR) is 98.6 cm³/mol. The molecule has 0 radical (unpaired) electrons. The topological polar surface area (TPSA) is 49.9 Å². The number of carbonyl (C=O) groups is 2. The Morgan fingerprint density at radius 2 is 1.64 bits per heavy atom. The Labute approximate surface area is 148 Å². The zero-order valence-corrected chi connectivity index (χ0v) is 14.9. The Balaban J connectivity index is 1.94. The number of methoxy groups -OCH3 is 1. The summed E-state index contributed by atoms with van der Waals surface area (Å²) in [4.78, 5) is 27.6. The van der Waals surface area contributed by atoms with Gasteiger partial charge in [-0.1, -0.05) is 30.3 Å². The lowest BCUT2D eigenvalue weighted by molar-refractivity contribution is -0.130. The number of benzene rings is 2. The van der Waals surface area contributed by atoms with Crippen molar-refractivity contribution in [1.29, 1.82) is 0 Å². The average Bonchev–Trinajstić information content (AvgIpc) is 2.65. The summed E-state index contributed by atoms with van der Waals surface area (Å²) >= 11 is 0. The van der Waals surface area contributed by atoms with Crippen LogP contribution in [0.4, 0.5) is 5.69 Å². The molecule has 0 heterocycles. The standard InChI is InChI=1S/C20H24N2O3/c1-16(23)22(15-17-9-11-19(25-3)12-10-17)14-13-20(24)21(2)18-7-5-4-6-8-18/h4-12H,13-15H2,1-3H3. The van der Waals surface area contributed by atoms with Crippen LogP contribution in [0, 0.1) is 0 Å². The molecule has 0 spiro atoms. The van der Waals surface area contributed by atoms with Crippen molar-refractivity contribution < 1.29 is 14.3 Å². The van der Waals surface area contributed by atoms with Crippen molar-refractivity contribution in [2.45, 2.75) is 19.9 Å². The third-order valence-corrected chi connectivity index (χ3v) is 4.09. The number of ether oxygens (including phenoxy) is 1. The Hall–Kier alpha value is -2.82. The summed E-state index contributed by atoms with van der Waals surface area (Å²) in [6.45, 7) is 2.38. The van der Waals surface area contributed by atoms with Crippen LogP contribution in [0.25, 0.3) is 0 Å². The van der Waals surface area contributed by atoms with Gasteiger partial charge >= 0.3 is 0 Å². The molecule has 0 aliphatic rings. The largest absolute Gasteiger partial charge is 0.497 e. The second-order valence-corrected chi connectivity index (χ2v) is 5.83. The van der Waals surface area contributed by atoms with Crippen LogP contribution in [-0.2, 0) is 16.1 Å². The molecule has 0 atom stereocenters. The lowest BCUT2D eigenvalue weighted by atomic mass is 10.2. The summed E-state index contributed by atoms with van der Waals surface area (Å²) in [7, 11) is 3.37. The van der Waals surface area contributed by atoms with Crippen molar-refractivity contribution in [2.24, 2.45) is 0 Å². The van der Waals surface area contributed by atoms with Crippen LogP contribution >= 0.6 is 0 Å². The molecule has 0 bridgehead atoms. The maximum Gasteiger partial charge on any atom is 0.228 e. The molecule has 0 N–H and O–H groups in total. The van der Waals surface area contributed by atoms with Crippen molar-refractivity contribution in [3.63, 3.8) is 0 Å². The number of amides is 2. The van der Waals surface area contributed by atoms with Gasteiger partial charge in [0.15, 0.2) is 0 Å². The van der Waals surface area contributed by atoms with E-state index in [0.717, 1.165) is 17.0 Å². The third kappa shape index (κ3) is 5.35. The average molecular weight is 340 g/mol. The number of anilines is 1. The first-order chi connectivity index (χ1) is 12.0. The molecule has 0 aromatic heterocycles. The number of rotatable bonds is 7. The summed E-state index contributed by atoms with van der Waals surface area (Å²) in [5.74, 6) is 0.705. The highest BCUT2D eigenvalue weighted by Crippen LogP contribution is 2.15. The van der Waals surface area contributed by atoms with Crippen LogP contribution in [0.15, 0.2) is 54.6 Å². The van der Waals surface area contributed by atoms with Gasteiger partial charge in [-0.05, 0) is 29.8 Å². The molecule has 0 unspecified atom stereocenters. The normalized spacial score (nSPS) is 10.2. The first-order valence-corrected chi connectivity index (χ1v) is 8.21. The number of hydrogen-bond acceptors (Lipinski definition) is 3. The van der Waals surface area contributed by atoms with E-state index in [2.05, 4.69) is 0 Å². The van der Waals surface area contributed by atoms with Crippen LogP contribution in [0.5, 0.6) is 5.75 Å². The maximum atomic E-state index is 12.4. The van der Waals surface area contributed by atoms with Gasteiger partial charge in [0, 0.05) is 39.2 Å². The van der Waals surface area contributed by atoms with E-state index in [4.69, 9.17) is 4.74 Å². The van der Waals surface area contributed by atoms with E-state index in [9.17, 15) is 9.59 Å². The summed E-state index contributed by atoms with van der Waals surface area (Å²) in [5, 5.41) is 0. The SMILES string of the molecule is COc1ccc(CN(CCC(=O)N(C)c2ccccc2)C(C)=O)cc1. The van der Waals surface area contributed by atoms with Gasteiger partial charge in [-0.15, -0.1) is 0 Å². The molecule has 0 fully saturated rings. The summed E-state index contributed by atoms with van der Waals surface area (Å²) in [6.07, 6.45) is 0.279. The maximum absolute atomic E-state index is 12.4. The summed E-state index contributed by atoms with van der Waals surface area (Å²) in [6, 6.07) is 17.0. The Kier molecular flexibility index (Phi) is 6.57. The van der Waals surface area contributed by atoms with E-state index in [1.165, 1.54) is 6.92 Å². The molecule has 132 valence electrons. The molecule has 25 heavy (non-hydrogen) atoms. The number of carbonyl (C=O) groups excluding carboxylic acids is 2. The predicted octanol–water partition coefficient (Wildman–Crippen LogP) is 3.10. The first kappa shape index (κ1) is 18.5. The third-order valence-electron chi connectivity index (χ3n) is 4.09. The van der Waals surface area contributed by atoms with Gasteiger partial charge in [0.1, 0.15) is 5.75 Å². The van der Waals surface area contributed by atoms with Gasteiger partial charge in [-0.25, -0.2) is 0 Å². The van der Waals surface area contributed by atoms with E-state index in [1.54, 1.807) is 24.0 Å². The highest BCUT2D eigenvalue weighted by Gasteiger charge is 2.15. The van der Waals surface area contributed by atoms with Gasteiger partial charge in [0.05, 0.1) is 7.11 Å². The fourth-order valence-electron chi connectivity index (χ4n) is 2.49. The van der Waals surface area contributed by atoms with E-state index in [-0.39, 0.29) is 18.2 Å². The van der Waals surface area contributed by atoms with E-state index in [0.29, 0.717) is 13.1 Å². The minimum Gasteiger partial charge on any atom is -0.497 e. The van der Waals surface area contributed by atoms with Crippen LogP contribution in [0.3, 0.4) is 0 Å². The minimum absolute atomic E-state index is 0.0211. The first-order valence-electron chi connectivity index (χ1n) is 8.21. The Morgan fingerprint density at radius 3 is 2.20 bits per heavy atom. The number of para-hydroxylation sites is 1. The second-order valence-electron chi connectivity index (χ2n) is 5.83. The van der Waals surface area contributed by atoms with Gasteiger partial charge in [-0.2, -0.15) is 0 Å². The Bertz CT molecular complexity index is 699. The molecule has 2 aromatic rings. The lowest BCUT2D eigenvalue weighted by Crippen LogP contribution is -2.34. The molecule has 0 saturated carbocycles. The van der Waals surface area contributed by atoms with Crippen molar-refractivity contribution in [2.75, 3.05) is 25.6 Å². The van der Waals surface area contributed by atoms with Gasteiger partial charge in [0.25, 0.3) is 0 Å². The summed E-state index contributed by atoms with van der Waals surface area (Å²) < 4.78 is 5.14. The molecule has 0 aliphatic carbocycles. The van der Waals surface area contributed by atoms with E-state index < -0.39 is 0 Å². The van der Waals surface area contributed by atoms with E-state index in [1.807, 2.05) is 54.6 Å². The fraction of sp³-hybridized carbons (Fsp3) is 0.300. The van der Waals surface area contributed by atoms with Crippen LogP contribution < -0.4 is 9.64 Å². The molecular formula is C20H24N2O3. The highest BCUT2D eigenvalue weighted by atomic mass is 16.5. The Morgan fingerprint density at radius 1 is 1.00 bits per heavy atom. The molecular weight excluding hydrogens is 316 g/mol. The minimum atomic E-state index is -0.0500. The second kappa shape index (κ2) is 8.87. The molecule has 0 aliphatic heterocycles. The molecule has 2 amide bonds. The van der Waals surface area contributed by atoms with Crippen LogP contribution in [-0.4, -0.2) is 37.4 Å². The fourth-order valence-corrected chi connectivity index (χ4v) is 2.49. The van der Waals surface area contributed by atoms with Crippen LogP contribution in [0.1, 0.15) is 18.9 Å². The zero-order chi connectivity index (χ0) is 18.2. The van der Waals surface area contributed by atoms with Gasteiger partial charge in [-0.3, -0.25) is 9.59 Å².